The first-order chi connectivity index (χ1) is 13.5. The lowest BCUT2D eigenvalue weighted by molar-refractivity contribution is 0.0526. The second kappa shape index (κ2) is 8.72. The van der Waals surface area contributed by atoms with Crippen molar-refractivity contribution >= 4 is 29.1 Å². The summed E-state index contributed by atoms with van der Waals surface area (Å²) in [6.45, 7) is 2.02. The maximum absolute atomic E-state index is 13.2. The molecule has 0 fully saturated rings. The van der Waals surface area contributed by atoms with Crippen molar-refractivity contribution in [3.05, 3.63) is 77.7 Å². The van der Waals surface area contributed by atoms with Crippen LogP contribution in [0.25, 0.3) is 0 Å². The van der Waals surface area contributed by atoms with Crippen molar-refractivity contribution in [1.29, 1.82) is 0 Å². The molecule has 7 nitrogen and oxygen atoms in total. The van der Waals surface area contributed by atoms with E-state index in [4.69, 9.17) is 4.74 Å². The van der Waals surface area contributed by atoms with Gasteiger partial charge < -0.3 is 15.4 Å². The second-order valence-corrected chi connectivity index (χ2v) is 5.69. The van der Waals surface area contributed by atoms with Gasteiger partial charge in [-0.1, -0.05) is 6.07 Å². The van der Waals surface area contributed by atoms with E-state index in [1.54, 1.807) is 49.4 Å². The number of hydrogen-bond donors (Lipinski definition) is 2. The number of benzene rings is 2. The summed E-state index contributed by atoms with van der Waals surface area (Å²) in [4.78, 5) is 23.9. The van der Waals surface area contributed by atoms with E-state index in [0.29, 0.717) is 29.4 Å². The summed E-state index contributed by atoms with van der Waals surface area (Å²) in [7, 11) is 0. The molecule has 0 spiro atoms. The number of aromatic nitrogens is 2. The summed E-state index contributed by atoms with van der Waals surface area (Å²) in [5.41, 5.74) is 1.53. The van der Waals surface area contributed by atoms with Crippen LogP contribution in [0.4, 0.5) is 21.6 Å². The Hall–Kier alpha value is -3.81. The first kappa shape index (κ1) is 19.0. The number of esters is 1. The molecule has 3 aromatic rings. The van der Waals surface area contributed by atoms with Crippen LogP contribution in [0.15, 0.2) is 60.7 Å². The van der Waals surface area contributed by atoms with Gasteiger partial charge in [-0.3, -0.25) is 4.79 Å². The smallest absolute Gasteiger partial charge is 0.338 e. The Morgan fingerprint density at radius 3 is 2.43 bits per heavy atom. The minimum absolute atomic E-state index is 0.110. The van der Waals surface area contributed by atoms with Crippen LogP contribution in [0.1, 0.15) is 27.8 Å². The van der Waals surface area contributed by atoms with Gasteiger partial charge in [0.1, 0.15) is 5.82 Å². The molecular formula is C20H17FN4O3. The van der Waals surface area contributed by atoms with Crippen LogP contribution in [-0.2, 0) is 4.74 Å². The SMILES string of the molecule is CCOC(=O)c1ccc(NC(=O)c2ccc(Nc3cccc(F)c3)nn2)cc1. The molecule has 0 aliphatic rings. The van der Waals surface area contributed by atoms with E-state index < -0.39 is 11.9 Å². The normalized spacial score (nSPS) is 10.2. The second-order valence-electron chi connectivity index (χ2n) is 5.69. The van der Waals surface area contributed by atoms with Crippen LogP contribution in [0.5, 0.6) is 0 Å². The molecule has 0 bridgehead atoms. The number of carbonyl (C=O) groups is 2. The monoisotopic (exact) mass is 380 g/mol. The first-order valence-electron chi connectivity index (χ1n) is 8.50. The average molecular weight is 380 g/mol. The quantitative estimate of drug-likeness (QED) is 0.632. The van der Waals surface area contributed by atoms with Gasteiger partial charge >= 0.3 is 5.97 Å². The van der Waals surface area contributed by atoms with Crippen molar-refractivity contribution in [2.45, 2.75) is 6.92 Å². The zero-order valence-corrected chi connectivity index (χ0v) is 15.0. The zero-order valence-electron chi connectivity index (χ0n) is 15.0. The number of halogens is 1. The molecule has 8 heteroatoms. The van der Waals surface area contributed by atoms with Crippen LogP contribution in [-0.4, -0.2) is 28.7 Å². The number of nitrogens with one attached hydrogen (secondary N) is 2. The predicted molar refractivity (Wildman–Crippen MR) is 102 cm³/mol. The third kappa shape index (κ3) is 4.88. The van der Waals surface area contributed by atoms with Crippen molar-refractivity contribution in [2.24, 2.45) is 0 Å². The molecule has 0 unspecified atom stereocenters. The van der Waals surface area contributed by atoms with Crippen molar-refractivity contribution in [1.82, 2.24) is 10.2 Å². The van der Waals surface area contributed by atoms with Gasteiger partial charge in [0.05, 0.1) is 12.2 Å². The minimum Gasteiger partial charge on any atom is -0.462 e. The standard InChI is InChI=1S/C20H17FN4O3/c1-2-28-20(27)13-6-8-15(9-7-13)23-19(26)17-10-11-18(25-24-17)22-16-5-3-4-14(21)12-16/h3-12H,2H2,1H3,(H,22,25)(H,23,26). The number of anilines is 3. The molecule has 0 aliphatic heterocycles. The maximum Gasteiger partial charge on any atom is 0.338 e. The number of ether oxygens (including phenoxy) is 1. The average Bonchev–Trinajstić information content (AvgIpc) is 2.69. The zero-order chi connectivity index (χ0) is 19.9. The first-order valence-corrected chi connectivity index (χ1v) is 8.50. The van der Waals surface area contributed by atoms with Crippen molar-refractivity contribution in [3.8, 4) is 0 Å². The molecule has 142 valence electrons. The Morgan fingerprint density at radius 2 is 1.79 bits per heavy atom. The number of nitrogens with zero attached hydrogens (tertiary/aromatic N) is 2. The van der Waals surface area contributed by atoms with Gasteiger partial charge in [0.15, 0.2) is 11.5 Å². The molecule has 0 radical (unpaired) electrons. The lowest BCUT2D eigenvalue weighted by Gasteiger charge is -2.07. The van der Waals surface area contributed by atoms with E-state index in [9.17, 15) is 14.0 Å². The summed E-state index contributed by atoms with van der Waals surface area (Å²) in [5.74, 6) is -0.870. The van der Waals surface area contributed by atoms with Crippen LogP contribution >= 0.6 is 0 Å². The van der Waals surface area contributed by atoms with E-state index >= 15 is 0 Å². The molecule has 0 aliphatic carbocycles. The maximum atomic E-state index is 13.2. The fourth-order valence-electron chi connectivity index (χ4n) is 2.33. The Labute approximate surface area is 160 Å². The largest absolute Gasteiger partial charge is 0.462 e. The molecule has 28 heavy (non-hydrogen) atoms. The highest BCUT2D eigenvalue weighted by Gasteiger charge is 2.10. The van der Waals surface area contributed by atoms with Gasteiger partial charge in [-0.05, 0) is 61.5 Å². The van der Waals surface area contributed by atoms with Crippen LogP contribution in [0.3, 0.4) is 0 Å². The van der Waals surface area contributed by atoms with Gasteiger partial charge in [-0.2, -0.15) is 0 Å². The van der Waals surface area contributed by atoms with Gasteiger partial charge in [0, 0.05) is 11.4 Å². The Balaban J connectivity index is 1.62. The number of rotatable bonds is 6. The third-order valence-electron chi connectivity index (χ3n) is 3.65. The lowest BCUT2D eigenvalue weighted by Crippen LogP contribution is -2.14. The fourth-order valence-corrected chi connectivity index (χ4v) is 2.33. The highest BCUT2D eigenvalue weighted by atomic mass is 19.1. The van der Waals surface area contributed by atoms with E-state index in [1.807, 2.05) is 0 Å². The van der Waals surface area contributed by atoms with Gasteiger partial charge in [0.25, 0.3) is 5.91 Å². The van der Waals surface area contributed by atoms with E-state index in [0.717, 1.165) is 0 Å². The Morgan fingerprint density at radius 1 is 1.00 bits per heavy atom. The van der Waals surface area contributed by atoms with Crippen molar-refractivity contribution < 1.29 is 18.7 Å². The molecule has 3 rings (SSSR count). The molecule has 1 amide bonds. The van der Waals surface area contributed by atoms with Gasteiger partial charge in [-0.25, -0.2) is 9.18 Å². The molecule has 1 aromatic heterocycles. The van der Waals surface area contributed by atoms with E-state index in [1.165, 1.54) is 18.2 Å². The minimum atomic E-state index is -0.450. The predicted octanol–water partition coefficient (Wildman–Crippen LogP) is 3.79. The summed E-state index contributed by atoms with van der Waals surface area (Å²) in [6, 6.07) is 15.3. The van der Waals surface area contributed by atoms with Crippen LogP contribution < -0.4 is 10.6 Å². The Kier molecular flexibility index (Phi) is 5.91. The number of hydrogen-bond acceptors (Lipinski definition) is 6. The molecule has 2 N–H and O–H groups in total. The van der Waals surface area contributed by atoms with Gasteiger partial charge in [-0.15, -0.1) is 10.2 Å². The summed E-state index contributed by atoms with van der Waals surface area (Å²) in [5, 5.41) is 13.4. The van der Waals surface area contributed by atoms with E-state index in [2.05, 4.69) is 20.8 Å². The number of carbonyl (C=O) groups excluding carboxylic acids is 2. The topological polar surface area (TPSA) is 93.2 Å². The third-order valence-corrected chi connectivity index (χ3v) is 3.65. The molecule has 0 saturated carbocycles. The lowest BCUT2D eigenvalue weighted by atomic mass is 10.2. The van der Waals surface area contributed by atoms with Crippen molar-refractivity contribution in [3.63, 3.8) is 0 Å². The molecular weight excluding hydrogens is 363 g/mol. The molecule has 2 aromatic carbocycles. The Bertz CT molecular complexity index is 976. The van der Waals surface area contributed by atoms with Crippen molar-refractivity contribution in [2.75, 3.05) is 17.2 Å². The summed E-state index contributed by atoms with van der Waals surface area (Å²) >= 11 is 0. The fraction of sp³-hybridized carbons (Fsp3) is 0.100. The molecule has 0 saturated heterocycles. The molecule has 0 atom stereocenters. The summed E-state index contributed by atoms with van der Waals surface area (Å²) in [6.07, 6.45) is 0. The van der Waals surface area contributed by atoms with Crippen LogP contribution in [0.2, 0.25) is 0 Å². The van der Waals surface area contributed by atoms with Gasteiger partial charge in [0.2, 0.25) is 0 Å². The highest BCUT2D eigenvalue weighted by Crippen LogP contribution is 2.16. The van der Waals surface area contributed by atoms with E-state index in [-0.39, 0.29) is 11.5 Å². The highest BCUT2D eigenvalue weighted by molar-refractivity contribution is 6.03. The summed E-state index contributed by atoms with van der Waals surface area (Å²) < 4.78 is 18.1. The number of amides is 1. The van der Waals surface area contributed by atoms with Crippen LogP contribution in [0, 0.1) is 5.82 Å². The molecule has 1 heterocycles.